The van der Waals surface area contributed by atoms with Gasteiger partial charge in [-0.15, -0.1) is 10.2 Å². The molecule has 4 rings (SSSR count). The minimum absolute atomic E-state index is 0.163. The number of nitrogens with one attached hydrogen (secondary N) is 1. The molecule has 1 aromatic heterocycles. The lowest BCUT2D eigenvalue weighted by Crippen LogP contribution is -2.54. The molecule has 2 fully saturated rings. The van der Waals surface area contributed by atoms with Crippen molar-refractivity contribution in [2.24, 2.45) is 0 Å². The molecule has 0 unspecified atom stereocenters. The van der Waals surface area contributed by atoms with E-state index in [9.17, 15) is 10.2 Å². The summed E-state index contributed by atoms with van der Waals surface area (Å²) < 4.78 is 0. The lowest BCUT2D eigenvalue weighted by molar-refractivity contribution is -0.0186. The number of nitrogens with two attached hydrogens (primary N) is 1. The fourth-order valence-corrected chi connectivity index (χ4v) is 4.07. The number of aromatic hydroxyl groups is 1. The van der Waals surface area contributed by atoms with Crippen molar-refractivity contribution in [1.29, 1.82) is 0 Å². The molecule has 150 valence electrons. The normalized spacial score (nSPS) is 20.2. The molecule has 8 nitrogen and oxygen atoms in total. The Labute approximate surface area is 165 Å². The highest BCUT2D eigenvalue weighted by molar-refractivity contribution is 5.74. The molecule has 0 aliphatic carbocycles. The number of piperazine rings is 1. The first-order valence-electron chi connectivity index (χ1n) is 9.86. The van der Waals surface area contributed by atoms with Crippen molar-refractivity contribution in [3.05, 3.63) is 30.3 Å². The summed E-state index contributed by atoms with van der Waals surface area (Å²) in [4.78, 5) is 4.49. The van der Waals surface area contributed by atoms with Crippen molar-refractivity contribution in [1.82, 2.24) is 20.4 Å². The van der Waals surface area contributed by atoms with Gasteiger partial charge >= 0.3 is 0 Å². The predicted molar refractivity (Wildman–Crippen MR) is 109 cm³/mol. The highest BCUT2D eigenvalue weighted by atomic mass is 16.3. The van der Waals surface area contributed by atoms with Gasteiger partial charge in [0, 0.05) is 51.4 Å². The second kappa shape index (κ2) is 7.90. The van der Waals surface area contributed by atoms with Crippen LogP contribution in [0.4, 0.5) is 11.5 Å². The second-order valence-electron chi connectivity index (χ2n) is 7.75. The Morgan fingerprint density at radius 2 is 1.79 bits per heavy atom. The Morgan fingerprint density at radius 1 is 1.07 bits per heavy atom. The van der Waals surface area contributed by atoms with E-state index in [0.29, 0.717) is 43.0 Å². The van der Waals surface area contributed by atoms with Crippen molar-refractivity contribution in [2.45, 2.75) is 18.4 Å². The van der Waals surface area contributed by atoms with Crippen molar-refractivity contribution < 1.29 is 10.2 Å². The Morgan fingerprint density at radius 3 is 2.50 bits per heavy atom. The Bertz CT molecular complexity index is 816. The van der Waals surface area contributed by atoms with Crippen LogP contribution in [0, 0.1) is 0 Å². The summed E-state index contributed by atoms with van der Waals surface area (Å²) in [5.74, 6) is 0.531. The number of rotatable bonds is 4. The summed E-state index contributed by atoms with van der Waals surface area (Å²) in [5.41, 5.74) is 7.45. The van der Waals surface area contributed by atoms with E-state index in [4.69, 9.17) is 5.73 Å². The smallest absolute Gasteiger partial charge is 0.169 e. The van der Waals surface area contributed by atoms with Crippen molar-refractivity contribution in [2.75, 3.05) is 56.4 Å². The molecule has 0 saturated carbocycles. The van der Waals surface area contributed by atoms with Crippen LogP contribution in [0.2, 0.25) is 0 Å². The Hall–Kier alpha value is -2.42. The molecule has 0 amide bonds. The first kappa shape index (κ1) is 18.9. The third-order valence-corrected chi connectivity index (χ3v) is 5.74. The molecule has 0 radical (unpaired) electrons. The quantitative estimate of drug-likeness (QED) is 0.609. The summed E-state index contributed by atoms with van der Waals surface area (Å²) in [6.07, 6.45) is 1.37. The first-order valence-corrected chi connectivity index (χ1v) is 9.86. The fraction of sp³-hybridized carbons (Fsp3) is 0.500. The van der Waals surface area contributed by atoms with Gasteiger partial charge in [-0.3, -0.25) is 4.90 Å². The molecule has 0 spiro atoms. The Balaban J connectivity index is 1.47. The van der Waals surface area contributed by atoms with E-state index in [1.54, 1.807) is 12.1 Å². The predicted octanol–water partition coefficient (Wildman–Crippen LogP) is 0.668. The van der Waals surface area contributed by atoms with Gasteiger partial charge in [-0.05, 0) is 31.0 Å². The van der Waals surface area contributed by atoms with Crippen LogP contribution in [0.25, 0.3) is 11.3 Å². The van der Waals surface area contributed by atoms with E-state index in [2.05, 4.69) is 25.3 Å². The van der Waals surface area contributed by atoms with E-state index in [0.717, 1.165) is 38.4 Å². The van der Waals surface area contributed by atoms with E-state index in [1.165, 1.54) is 0 Å². The summed E-state index contributed by atoms with van der Waals surface area (Å²) in [6.45, 7) is 6.06. The average molecular weight is 384 g/mol. The standard InChI is InChI=1S/C20H28N6O2/c21-19-17(13-16(23-24-19)15-3-1-2-4-18(15)27)26-9-5-20(28,6-10-26)14-25-11-7-22-8-12-25/h1-4,13,22,27-28H,5-12,14H2,(H2,21,24). The van der Waals surface area contributed by atoms with Gasteiger partial charge < -0.3 is 26.2 Å². The number of anilines is 2. The summed E-state index contributed by atoms with van der Waals surface area (Å²) in [5, 5.41) is 32.7. The zero-order valence-electron chi connectivity index (χ0n) is 16.0. The molecule has 2 aromatic rings. The second-order valence-corrected chi connectivity index (χ2v) is 7.75. The number of hydrogen-bond acceptors (Lipinski definition) is 8. The maximum absolute atomic E-state index is 11.0. The minimum atomic E-state index is -0.663. The molecule has 8 heteroatoms. The van der Waals surface area contributed by atoms with Crippen LogP contribution in [0.1, 0.15) is 12.8 Å². The van der Waals surface area contributed by atoms with Gasteiger partial charge in [0.1, 0.15) is 5.75 Å². The van der Waals surface area contributed by atoms with Crippen LogP contribution in [0.5, 0.6) is 5.75 Å². The number of phenolic OH excluding ortho intramolecular Hbond substituents is 1. The molecule has 0 atom stereocenters. The number of hydrogen-bond donors (Lipinski definition) is 4. The number of nitrogens with zero attached hydrogens (tertiary/aromatic N) is 4. The summed E-state index contributed by atoms with van der Waals surface area (Å²) >= 11 is 0. The number of piperidine rings is 1. The van der Waals surface area contributed by atoms with Gasteiger partial charge in [-0.25, -0.2) is 0 Å². The molecule has 2 saturated heterocycles. The topological polar surface area (TPSA) is 111 Å². The number of phenols is 1. The number of aliphatic hydroxyl groups is 1. The number of benzene rings is 1. The van der Waals surface area contributed by atoms with Crippen LogP contribution in [-0.2, 0) is 0 Å². The molecular formula is C20H28N6O2. The zero-order chi connectivity index (χ0) is 19.6. The number of aromatic nitrogens is 2. The van der Waals surface area contributed by atoms with Crippen molar-refractivity contribution in [3.63, 3.8) is 0 Å². The summed E-state index contributed by atoms with van der Waals surface area (Å²) in [7, 11) is 0. The Kier molecular flexibility index (Phi) is 5.34. The van der Waals surface area contributed by atoms with Crippen LogP contribution < -0.4 is 16.0 Å². The largest absolute Gasteiger partial charge is 0.507 e. The van der Waals surface area contributed by atoms with Crippen LogP contribution in [0.3, 0.4) is 0 Å². The van der Waals surface area contributed by atoms with Crippen LogP contribution in [0.15, 0.2) is 30.3 Å². The van der Waals surface area contributed by atoms with E-state index in [1.807, 2.05) is 18.2 Å². The summed E-state index contributed by atoms with van der Waals surface area (Å²) in [6, 6.07) is 8.93. The van der Waals surface area contributed by atoms with Gasteiger partial charge in [0.15, 0.2) is 5.82 Å². The van der Waals surface area contributed by atoms with Gasteiger partial charge in [0.2, 0.25) is 0 Å². The lowest BCUT2D eigenvalue weighted by atomic mass is 9.90. The third-order valence-electron chi connectivity index (χ3n) is 5.74. The van der Waals surface area contributed by atoms with Crippen molar-refractivity contribution in [3.8, 4) is 17.0 Å². The molecule has 2 aliphatic heterocycles. The first-order chi connectivity index (χ1) is 13.5. The molecule has 0 bridgehead atoms. The lowest BCUT2D eigenvalue weighted by Gasteiger charge is -2.42. The monoisotopic (exact) mass is 384 g/mol. The van der Waals surface area contributed by atoms with Gasteiger partial charge in [-0.2, -0.15) is 0 Å². The van der Waals surface area contributed by atoms with Gasteiger partial charge in [-0.1, -0.05) is 12.1 Å². The van der Waals surface area contributed by atoms with E-state index >= 15 is 0 Å². The molecule has 28 heavy (non-hydrogen) atoms. The number of nitrogen functional groups attached to an aromatic ring is 1. The number of β-amino-alcohol motifs (C(OH)–C–C–N with tert-alkyl or cyclic N) is 1. The van der Waals surface area contributed by atoms with E-state index < -0.39 is 5.60 Å². The fourth-order valence-electron chi connectivity index (χ4n) is 4.07. The van der Waals surface area contributed by atoms with Gasteiger partial charge in [0.05, 0.1) is 17.0 Å². The molecule has 2 aliphatic rings. The SMILES string of the molecule is Nc1nnc(-c2ccccc2O)cc1N1CCC(O)(CN2CCNCC2)CC1. The van der Waals surface area contributed by atoms with Crippen LogP contribution in [-0.4, -0.2) is 76.7 Å². The highest BCUT2D eigenvalue weighted by Crippen LogP contribution is 2.34. The maximum Gasteiger partial charge on any atom is 0.169 e. The maximum atomic E-state index is 11.0. The molecule has 5 N–H and O–H groups in total. The minimum Gasteiger partial charge on any atom is -0.507 e. The third kappa shape index (κ3) is 4.04. The van der Waals surface area contributed by atoms with Gasteiger partial charge in [0.25, 0.3) is 0 Å². The molecular weight excluding hydrogens is 356 g/mol. The van der Waals surface area contributed by atoms with E-state index in [-0.39, 0.29) is 5.75 Å². The van der Waals surface area contributed by atoms with Crippen molar-refractivity contribution >= 4 is 11.5 Å². The molecule has 3 heterocycles. The highest BCUT2D eigenvalue weighted by Gasteiger charge is 2.35. The average Bonchev–Trinajstić information content (AvgIpc) is 2.70. The molecule has 1 aromatic carbocycles. The number of para-hydroxylation sites is 1. The zero-order valence-corrected chi connectivity index (χ0v) is 16.0. The van der Waals surface area contributed by atoms with Crippen LogP contribution >= 0.6 is 0 Å².